The summed E-state index contributed by atoms with van der Waals surface area (Å²) in [6, 6.07) is 38.6. The monoisotopic (exact) mass is 1710 g/mol. The molecule has 0 fully saturated rings. The van der Waals surface area contributed by atoms with Gasteiger partial charge in [-0.15, -0.1) is 0 Å². The zero-order valence-electron chi connectivity index (χ0n) is 60.0. The first-order valence-corrected chi connectivity index (χ1v) is 33.9. The first-order valence-electron chi connectivity index (χ1n) is 32.3. The van der Waals surface area contributed by atoms with Crippen molar-refractivity contribution in [2.45, 2.75) is 119 Å². The number of aromatic nitrogens is 9. The van der Waals surface area contributed by atoms with Crippen LogP contribution >= 0.6 is 48.9 Å². The summed E-state index contributed by atoms with van der Waals surface area (Å²) >= 11 is 14.8. The molecule has 0 amide bonds. The number of thiocarbonyl (C=S) groups is 4. The van der Waals surface area contributed by atoms with Crippen molar-refractivity contribution in [2.24, 2.45) is 0 Å². The average Bonchev–Trinajstić information content (AvgIpc) is 1.78. The van der Waals surface area contributed by atoms with E-state index in [0.29, 0.717) is 34.2 Å². The Balaban J connectivity index is -0.000000605. The van der Waals surface area contributed by atoms with Crippen LogP contribution in [0.15, 0.2) is 164 Å². The molecule has 0 atom stereocenters. The number of benzene rings is 1. The molecule has 563 valence electrons. The number of rotatable bonds is 21. The minimum Gasteiger partial charge on any atom is -0.753 e. The number of carboxylic acid groups (broad SMARTS) is 2. The van der Waals surface area contributed by atoms with Crippen LogP contribution in [0.25, 0.3) is 90.7 Å². The quantitative estimate of drug-likeness (QED) is 0.0302. The number of carbonyl (C=O) groups is 2. The second-order valence-electron chi connectivity index (χ2n) is 21.4. The zero-order valence-corrected chi connectivity index (χ0v) is 66.7. The van der Waals surface area contributed by atoms with Crippen molar-refractivity contribution in [1.29, 1.82) is 0 Å². The number of hydrogen-bond donors (Lipinski definition) is 1. The number of nitrogens with zero attached hydrogens (tertiary/aromatic N) is 14. The predicted octanol–water partition coefficient (Wildman–Crippen LogP) is 17.3. The fraction of sp³-hybridized carbons (Fsp3) is 0.289. The molecule has 107 heavy (non-hydrogen) atoms. The van der Waals surface area contributed by atoms with E-state index < -0.39 is 23.8 Å². The van der Waals surface area contributed by atoms with Gasteiger partial charge in [0.25, 0.3) is 0 Å². The number of quaternary nitrogens is 1. The standard InChI is InChI=1S/C17H11F3N3.2C17H13N3O2.C16H36N.C3H8.4CNS.2CO2.2Ru/c18-17(19,20)16-11-15(22-23-16)14-10-13(8-9-21-14)7-6-12-4-2-1-3-5-12;2*1-11-5-7-18-15(9-11)13-3-2-4-14(20-13)16-10-12(17(21)22)6-8-19-16;1-5-9-13-17(14-10-6-2,15-11-7-3)16-12-8-4;1-3-2;6*2-1-3;;/h1-11H;2*2-10H,1H3,(H,21,22);5-16H2,1-4H3;3H2,1-2H3;;;;;;;;/q-1;;;+1;;4*-1;;;+2;+3/p-1/b7-6+;;;;;;;;;;;;. The molecule has 8 aromatic heterocycles. The second kappa shape index (κ2) is 64.5. The number of carbonyl (C=O) groups excluding carboxylic acids is 5. The van der Waals surface area contributed by atoms with Gasteiger partial charge in [-0.3, -0.25) is 24.9 Å². The topological polar surface area (TPSA) is 352 Å². The fourth-order valence-electron chi connectivity index (χ4n) is 8.84. The van der Waals surface area contributed by atoms with E-state index in [4.69, 9.17) is 45.9 Å². The molecule has 1 N–H and O–H groups in total. The molecule has 9 aromatic rings. The maximum absolute atomic E-state index is 12.6. The number of aromatic carboxylic acids is 2. The van der Waals surface area contributed by atoms with Gasteiger partial charge in [-0.05, 0) is 153 Å². The Labute approximate surface area is 669 Å². The van der Waals surface area contributed by atoms with E-state index in [0.717, 1.165) is 45.4 Å². The summed E-state index contributed by atoms with van der Waals surface area (Å²) in [6.45, 7) is 23.2. The Bertz CT molecular complexity index is 3970. The summed E-state index contributed by atoms with van der Waals surface area (Å²) < 4.78 is 39.1. The summed E-state index contributed by atoms with van der Waals surface area (Å²) in [5, 5.41) is 60.6. The largest absolute Gasteiger partial charge is 3.00 e. The average molecular weight is 1700 g/mol. The van der Waals surface area contributed by atoms with Crippen molar-refractivity contribution in [3.63, 3.8) is 0 Å². The van der Waals surface area contributed by atoms with Crippen LogP contribution in [0.2, 0.25) is 0 Å². The molecule has 0 aliphatic heterocycles. The molecule has 31 heteroatoms. The Morgan fingerprint density at radius 3 is 1.16 bits per heavy atom. The van der Waals surface area contributed by atoms with Crippen LogP contribution < -0.4 is 10.2 Å². The van der Waals surface area contributed by atoms with Gasteiger partial charge in [0.15, 0.2) is 0 Å². The third-order valence-electron chi connectivity index (χ3n) is 13.5. The molecule has 9 rings (SSSR count). The molecule has 1 aromatic carbocycles. The predicted molar refractivity (Wildman–Crippen MR) is 412 cm³/mol. The third-order valence-corrected chi connectivity index (χ3v) is 13.5. The van der Waals surface area contributed by atoms with Gasteiger partial charge in [-0.2, -0.15) is 53.0 Å². The number of carboxylic acids is 2. The smallest absolute Gasteiger partial charge is 0.753 e. The van der Waals surface area contributed by atoms with Gasteiger partial charge < -0.3 is 51.3 Å². The first-order chi connectivity index (χ1) is 50.4. The third kappa shape index (κ3) is 46.0. The van der Waals surface area contributed by atoms with Gasteiger partial charge >= 0.3 is 63.4 Å². The van der Waals surface area contributed by atoms with Crippen LogP contribution in [0.5, 0.6) is 0 Å². The summed E-state index contributed by atoms with van der Waals surface area (Å²) in [4.78, 5) is 84.6. The molecule has 0 unspecified atom stereocenters. The Kier molecular flexibility index (Phi) is 62.4. The van der Waals surface area contributed by atoms with Crippen LogP contribution in [0.4, 0.5) is 13.2 Å². The maximum atomic E-state index is 12.6. The Hall–Kier alpha value is -9.88. The molecule has 0 bridgehead atoms. The molecule has 0 saturated heterocycles. The van der Waals surface area contributed by atoms with Crippen molar-refractivity contribution < 1.29 is 95.6 Å². The summed E-state index contributed by atoms with van der Waals surface area (Å²) in [6.07, 6.45) is 20.0. The van der Waals surface area contributed by atoms with Crippen molar-refractivity contribution in [2.75, 3.05) is 26.2 Å². The second-order valence-corrected chi connectivity index (χ2v) is 22.2. The molecular formula is C76H80F3N14O8Ru2S4. The first kappa shape index (κ1) is 103. The number of pyridine rings is 7. The van der Waals surface area contributed by atoms with Gasteiger partial charge in [0.05, 0.1) is 83.3 Å². The van der Waals surface area contributed by atoms with Crippen LogP contribution in [0.3, 0.4) is 0 Å². The number of aryl methyl sites for hydroxylation is 2. The van der Waals surface area contributed by atoms with E-state index >= 15 is 0 Å². The minimum absolute atomic E-state index is 0. The molecule has 8 heterocycles. The van der Waals surface area contributed by atoms with Gasteiger partial charge in [0, 0.05) is 42.2 Å². The van der Waals surface area contributed by atoms with E-state index in [9.17, 15) is 27.9 Å². The number of halogens is 3. The SMILES string of the molecule is CCC.CCCC[N+](CCCC)(CCCC)CCCC.Cc1ccnc(-c2cccc(-c3cc(C(=O)O)ccn3)n2)c1.Cc1ccnc(-c2cccc(-c3cc(C(=O)[O-])ccn3)n2)c1.FC(F)(F)c1cc(-c2cc(/C=C/c3ccccc3)ccn2)[n-]n1.O=C=O.O=C=O.[N-]=C=S.[N-]=C=S.[N-]=C=S.[N-]=C=S.[Ru+2].[Ru+3]. The van der Waals surface area contributed by atoms with E-state index in [1.807, 2.05) is 105 Å². The molecule has 0 saturated carbocycles. The summed E-state index contributed by atoms with van der Waals surface area (Å²) in [5.41, 5.74) is 8.91. The molecule has 0 spiro atoms. The number of isothiocyanates is 4. The van der Waals surface area contributed by atoms with Gasteiger partial charge in [-0.25, -0.2) is 14.8 Å². The van der Waals surface area contributed by atoms with Crippen LogP contribution in [-0.2, 0) is 64.3 Å². The Morgan fingerprint density at radius 1 is 0.495 bits per heavy atom. The zero-order chi connectivity index (χ0) is 79.3. The van der Waals surface area contributed by atoms with Gasteiger partial charge in [-0.1, -0.05) is 183 Å². The van der Waals surface area contributed by atoms with E-state index in [1.54, 1.807) is 36.7 Å². The van der Waals surface area contributed by atoms with E-state index in [-0.39, 0.29) is 68.1 Å². The van der Waals surface area contributed by atoms with Crippen molar-refractivity contribution in [1.82, 2.24) is 45.1 Å². The molecule has 1 radical (unpaired) electrons. The number of alkyl halides is 3. The van der Waals surface area contributed by atoms with Crippen molar-refractivity contribution in [3.8, 4) is 56.9 Å². The van der Waals surface area contributed by atoms with Gasteiger partial charge in [0.2, 0.25) is 0 Å². The van der Waals surface area contributed by atoms with Crippen LogP contribution in [0.1, 0.15) is 148 Å². The van der Waals surface area contributed by atoms with E-state index in [1.165, 1.54) is 152 Å². The van der Waals surface area contributed by atoms with E-state index in [2.05, 4.69) is 135 Å². The maximum Gasteiger partial charge on any atom is 3.00 e. The molecule has 0 aliphatic rings. The minimum atomic E-state index is -4.50. The number of hydrogen-bond acceptors (Lipinski definition) is 19. The molecular weight excluding hydrogens is 1620 g/mol. The Morgan fingerprint density at radius 2 is 0.822 bits per heavy atom. The van der Waals surface area contributed by atoms with Crippen molar-refractivity contribution >= 4 is 106 Å². The normalized spacial score (nSPS) is 9.37. The fourth-order valence-corrected chi connectivity index (χ4v) is 8.84. The summed E-state index contributed by atoms with van der Waals surface area (Å²) in [5.74, 6) is -2.22. The summed E-state index contributed by atoms with van der Waals surface area (Å²) in [7, 11) is 0. The van der Waals surface area contributed by atoms with Gasteiger partial charge in [0.1, 0.15) is 5.69 Å². The van der Waals surface area contributed by atoms with Crippen LogP contribution in [-0.4, -0.2) is 121 Å². The number of unbranched alkanes of at least 4 members (excludes halogenated alkanes) is 4. The molecule has 0 aliphatic carbocycles. The molecule has 22 nitrogen and oxygen atoms in total. The van der Waals surface area contributed by atoms with Crippen molar-refractivity contribution in [3.05, 3.63) is 225 Å². The van der Waals surface area contributed by atoms with Crippen LogP contribution in [0, 0.1) is 13.8 Å².